The van der Waals surface area contributed by atoms with Crippen molar-refractivity contribution in [2.24, 2.45) is 0 Å². The molecule has 0 saturated carbocycles. The van der Waals surface area contributed by atoms with Gasteiger partial charge in [-0.1, -0.05) is 12.1 Å². The summed E-state index contributed by atoms with van der Waals surface area (Å²) >= 11 is 1.82. The summed E-state index contributed by atoms with van der Waals surface area (Å²) in [4.78, 5) is 4.65. The van der Waals surface area contributed by atoms with Gasteiger partial charge < -0.3 is 5.32 Å². The van der Waals surface area contributed by atoms with Gasteiger partial charge in [0.1, 0.15) is 5.01 Å². The Labute approximate surface area is 87.0 Å². The van der Waals surface area contributed by atoms with Crippen molar-refractivity contribution in [2.45, 2.75) is 18.9 Å². The molecule has 3 rings (SSSR count). The molecular weight excluding hydrogens is 192 g/mol. The van der Waals surface area contributed by atoms with Crippen molar-refractivity contribution in [1.29, 1.82) is 0 Å². The van der Waals surface area contributed by atoms with Crippen molar-refractivity contribution in [3.63, 3.8) is 0 Å². The fourth-order valence-corrected chi connectivity index (χ4v) is 3.01. The second kappa shape index (κ2) is 3.33. The zero-order chi connectivity index (χ0) is 9.38. The molecule has 1 aromatic heterocycles. The summed E-state index contributed by atoms with van der Waals surface area (Å²) < 4.78 is 1.30. The van der Waals surface area contributed by atoms with Gasteiger partial charge in [-0.3, -0.25) is 0 Å². The van der Waals surface area contributed by atoms with Gasteiger partial charge in [0.15, 0.2) is 0 Å². The lowest BCUT2D eigenvalue weighted by Crippen LogP contribution is -2.12. The van der Waals surface area contributed by atoms with Gasteiger partial charge in [-0.2, -0.15) is 0 Å². The Bertz CT molecular complexity index is 410. The van der Waals surface area contributed by atoms with Crippen molar-refractivity contribution in [1.82, 2.24) is 10.3 Å². The predicted molar refractivity (Wildman–Crippen MR) is 59.6 cm³/mol. The molecular formula is C11H12N2S. The monoisotopic (exact) mass is 204 g/mol. The van der Waals surface area contributed by atoms with Crippen LogP contribution in [0, 0.1) is 0 Å². The van der Waals surface area contributed by atoms with Crippen LogP contribution in [0.15, 0.2) is 24.3 Å². The molecule has 0 spiro atoms. The van der Waals surface area contributed by atoms with Gasteiger partial charge in [0.25, 0.3) is 0 Å². The third-order valence-electron chi connectivity index (χ3n) is 2.67. The summed E-state index contributed by atoms with van der Waals surface area (Å²) in [5.41, 5.74) is 1.14. The van der Waals surface area contributed by atoms with Gasteiger partial charge in [0, 0.05) is 0 Å². The van der Waals surface area contributed by atoms with Gasteiger partial charge in [-0.05, 0) is 31.5 Å². The number of hydrogen-bond donors (Lipinski definition) is 1. The average molecular weight is 204 g/mol. The third-order valence-corrected chi connectivity index (χ3v) is 3.82. The van der Waals surface area contributed by atoms with Gasteiger partial charge in [-0.25, -0.2) is 4.98 Å². The minimum atomic E-state index is 0.507. The summed E-state index contributed by atoms with van der Waals surface area (Å²) in [5.74, 6) is 0. The van der Waals surface area contributed by atoms with E-state index in [1.807, 2.05) is 17.4 Å². The Morgan fingerprint density at radius 3 is 3.07 bits per heavy atom. The van der Waals surface area contributed by atoms with Gasteiger partial charge in [-0.15, -0.1) is 11.3 Å². The lowest BCUT2D eigenvalue weighted by Gasteiger charge is -2.03. The number of para-hydroxylation sites is 1. The fraction of sp³-hybridized carbons (Fsp3) is 0.364. The van der Waals surface area contributed by atoms with E-state index in [-0.39, 0.29) is 0 Å². The molecule has 2 aromatic rings. The molecule has 0 unspecified atom stereocenters. The molecule has 0 radical (unpaired) electrons. The second-order valence-electron chi connectivity index (χ2n) is 3.67. The Hall–Kier alpha value is -0.930. The number of thiazole rings is 1. The highest BCUT2D eigenvalue weighted by Gasteiger charge is 2.19. The van der Waals surface area contributed by atoms with Crippen LogP contribution in [0.4, 0.5) is 0 Å². The Kier molecular flexibility index (Phi) is 2.00. The zero-order valence-corrected chi connectivity index (χ0v) is 8.68. The van der Waals surface area contributed by atoms with Crippen LogP contribution in [0.1, 0.15) is 23.9 Å². The molecule has 1 aromatic carbocycles. The molecule has 3 heteroatoms. The summed E-state index contributed by atoms with van der Waals surface area (Å²) in [6.45, 7) is 1.14. The number of nitrogens with one attached hydrogen (secondary N) is 1. The number of aromatic nitrogens is 1. The van der Waals surface area contributed by atoms with E-state index in [0.717, 1.165) is 12.1 Å². The summed E-state index contributed by atoms with van der Waals surface area (Å²) in [6, 6.07) is 8.86. The molecule has 0 aliphatic carbocycles. The molecule has 1 fully saturated rings. The van der Waals surface area contributed by atoms with E-state index in [9.17, 15) is 0 Å². The van der Waals surface area contributed by atoms with Crippen molar-refractivity contribution in [3.8, 4) is 0 Å². The molecule has 0 amide bonds. The Morgan fingerprint density at radius 2 is 2.29 bits per heavy atom. The van der Waals surface area contributed by atoms with E-state index in [1.54, 1.807) is 0 Å². The molecule has 2 heterocycles. The molecule has 1 atom stereocenters. The highest BCUT2D eigenvalue weighted by molar-refractivity contribution is 7.18. The van der Waals surface area contributed by atoms with Crippen molar-refractivity contribution in [3.05, 3.63) is 29.3 Å². The van der Waals surface area contributed by atoms with Crippen molar-refractivity contribution >= 4 is 21.6 Å². The van der Waals surface area contributed by atoms with Crippen LogP contribution in [0.2, 0.25) is 0 Å². The van der Waals surface area contributed by atoms with E-state index >= 15 is 0 Å². The Morgan fingerprint density at radius 1 is 1.36 bits per heavy atom. The number of benzene rings is 1. The highest BCUT2D eigenvalue weighted by atomic mass is 32.1. The first-order chi connectivity index (χ1) is 6.93. The largest absolute Gasteiger partial charge is 0.308 e. The standard InChI is InChI=1S/C11H12N2S/c1-2-6-10-8(4-1)13-11(14-10)9-5-3-7-12-9/h1-2,4,6,9,12H,3,5,7H2/t9-/m0/s1. The lowest BCUT2D eigenvalue weighted by molar-refractivity contribution is 0.644. The first kappa shape index (κ1) is 8.38. The maximum Gasteiger partial charge on any atom is 0.111 e. The van der Waals surface area contributed by atoms with Gasteiger partial charge >= 0.3 is 0 Å². The summed E-state index contributed by atoms with van der Waals surface area (Å²) in [6.07, 6.45) is 2.51. The van der Waals surface area contributed by atoms with Crippen LogP contribution in [-0.4, -0.2) is 11.5 Å². The van der Waals surface area contributed by atoms with E-state index in [2.05, 4.69) is 28.5 Å². The molecule has 1 aliphatic rings. The molecule has 1 saturated heterocycles. The minimum absolute atomic E-state index is 0.507. The van der Waals surface area contributed by atoms with E-state index in [4.69, 9.17) is 0 Å². The third kappa shape index (κ3) is 1.33. The van der Waals surface area contributed by atoms with Crippen LogP contribution in [0.5, 0.6) is 0 Å². The van der Waals surface area contributed by atoms with Crippen LogP contribution in [0.3, 0.4) is 0 Å². The second-order valence-corrected chi connectivity index (χ2v) is 4.73. The first-order valence-corrected chi connectivity index (χ1v) is 5.84. The molecule has 2 nitrogen and oxygen atoms in total. The molecule has 14 heavy (non-hydrogen) atoms. The predicted octanol–water partition coefficient (Wildman–Crippen LogP) is 2.72. The number of fused-ring (bicyclic) bond motifs is 1. The zero-order valence-electron chi connectivity index (χ0n) is 7.86. The summed E-state index contributed by atoms with van der Waals surface area (Å²) in [7, 11) is 0. The average Bonchev–Trinajstić information content (AvgIpc) is 2.86. The molecule has 72 valence electrons. The van der Waals surface area contributed by atoms with Gasteiger partial charge in [0.05, 0.1) is 16.3 Å². The minimum Gasteiger partial charge on any atom is -0.308 e. The SMILES string of the molecule is c1ccc2sc([C@@H]3CCCN3)nc2c1. The van der Waals surface area contributed by atoms with Crippen LogP contribution >= 0.6 is 11.3 Å². The maximum atomic E-state index is 4.65. The van der Waals surface area contributed by atoms with Crippen LogP contribution in [0.25, 0.3) is 10.2 Å². The van der Waals surface area contributed by atoms with Crippen LogP contribution < -0.4 is 5.32 Å². The quantitative estimate of drug-likeness (QED) is 0.772. The fourth-order valence-electron chi connectivity index (χ4n) is 1.93. The summed E-state index contributed by atoms with van der Waals surface area (Å²) in [5, 5.41) is 4.74. The van der Waals surface area contributed by atoms with E-state index in [1.165, 1.54) is 22.5 Å². The molecule has 1 aliphatic heterocycles. The topological polar surface area (TPSA) is 24.9 Å². The normalized spacial score (nSPS) is 21.9. The van der Waals surface area contributed by atoms with E-state index in [0.29, 0.717) is 6.04 Å². The first-order valence-electron chi connectivity index (χ1n) is 5.02. The maximum absolute atomic E-state index is 4.65. The van der Waals surface area contributed by atoms with Crippen molar-refractivity contribution < 1.29 is 0 Å². The van der Waals surface area contributed by atoms with Crippen molar-refractivity contribution in [2.75, 3.05) is 6.54 Å². The number of nitrogens with zero attached hydrogens (tertiary/aromatic N) is 1. The Balaban J connectivity index is 2.05. The van der Waals surface area contributed by atoms with Gasteiger partial charge in [0.2, 0.25) is 0 Å². The molecule has 0 bridgehead atoms. The van der Waals surface area contributed by atoms with E-state index < -0.39 is 0 Å². The lowest BCUT2D eigenvalue weighted by atomic mass is 10.2. The van der Waals surface area contributed by atoms with Crippen LogP contribution in [-0.2, 0) is 0 Å². The molecule has 1 N–H and O–H groups in total. The number of hydrogen-bond acceptors (Lipinski definition) is 3. The smallest absolute Gasteiger partial charge is 0.111 e. The highest BCUT2D eigenvalue weighted by Crippen LogP contribution is 2.30. The number of rotatable bonds is 1.